The van der Waals surface area contributed by atoms with Gasteiger partial charge < -0.3 is 10.1 Å². The van der Waals surface area contributed by atoms with E-state index >= 15 is 0 Å². The van der Waals surface area contributed by atoms with Gasteiger partial charge in [-0.15, -0.1) is 10.2 Å². The number of nitrogens with one attached hydrogen (secondary N) is 2. The molecule has 3 amide bonds. The molecule has 0 atom stereocenters. The molecule has 0 saturated carbocycles. The predicted molar refractivity (Wildman–Crippen MR) is 98.8 cm³/mol. The molecule has 0 aliphatic rings. The van der Waals surface area contributed by atoms with Gasteiger partial charge in [0.25, 0.3) is 5.91 Å². The molecule has 28 heavy (non-hydrogen) atoms. The molecule has 10 nitrogen and oxygen atoms in total. The number of urea groups is 1. The molecule has 0 aliphatic carbocycles. The Morgan fingerprint density at radius 2 is 1.96 bits per heavy atom. The molecule has 3 rings (SSSR count). The van der Waals surface area contributed by atoms with Gasteiger partial charge in [-0.25, -0.2) is 4.79 Å². The lowest BCUT2D eigenvalue weighted by Crippen LogP contribution is -2.37. The Morgan fingerprint density at radius 1 is 1.18 bits per heavy atom. The fraction of sp³-hybridized carbons (Fsp3) is 0.111. The standard InChI is InChI=1S/C18H16N6O4/c1-28-14-7-8-15(13(9-14)11-25)19-18(27)20-16(26)10-24-22-17(21-23-24)12-5-3-2-4-6-12/h2-9,11H,10H2,1H3,(H2,19,20,26,27). The van der Waals surface area contributed by atoms with Gasteiger partial charge in [0.1, 0.15) is 12.3 Å². The molecular formula is C18H16N6O4. The van der Waals surface area contributed by atoms with Crippen molar-refractivity contribution < 1.29 is 19.1 Å². The van der Waals surface area contributed by atoms with Gasteiger partial charge in [-0.05, 0) is 23.4 Å². The van der Waals surface area contributed by atoms with Crippen LogP contribution in [0.5, 0.6) is 5.75 Å². The summed E-state index contributed by atoms with van der Waals surface area (Å²) in [5.74, 6) is 0.193. The highest BCUT2D eigenvalue weighted by molar-refractivity contribution is 6.03. The highest BCUT2D eigenvalue weighted by Gasteiger charge is 2.13. The first kappa shape index (κ1) is 18.7. The second kappa shape index (κ2) is 8.54. The van der Waals surface area contributed by atoms with Crippen molar-refractivity contribution in [3.63, 3.8) is 0 Å². The summed E-state index contributed by atoms with van der Waals surface area (Å²) in [6.45, 7) is -0.295. The van der Waals surface area contributed by atoms with E-state index in [1.165, 1.54) is 19.2 Å². The lowest BCUT2D eigenvalue weighted by Gasteiger charge is -2.09. The maximum Gasteiger partial charge on any atom is 0.325 e. The molecule has 142 valence electrons. The average molecular weight is 380 g/mol. The largest absolute Gasteiger partial charge is 0.497 e. The maximum atomic E-state index is 12.0. The van der Waals surface area contributed by atoms with Crippen molar-refractivity contribution >= 4 is 23.9 Å². The van der Waals surface area contributed by atoms with Crippen LogP contribution in [-0.2, 0) is 11.3 Å². The number of tetrazole rings is 1. The average Bonchev–Trinajstić information content (AvgIpc) is 3.17. The molecule has 0 aliphatic heterocycles. The molecule has 1 aromatic heterocycles. The van der Waals surface area contributed by atoms with Crippen molar-refractivity contribution in [3.8, 4) is 17.1 Å². The van der Waals surface area contributed by atoms with Crippen molar-refractivity contribution in [2.24, 2.45) is 0 Å². The van der Waals surface area contributed by atoms with E-state index in [1.54, 1.807) is 6.07 Å². The molecule has 1 heterocycles. The van der Waals surface area contributed by atoms with Crippen LogP contribution in [0.2, 0.25) is 0 Å². The van der Waals surface area contributed by atoms with Gasteiger partial charge in [0.2, 0.25) is 5.82 Å². The number of anilines is 1. The maximum absolute atomic E-state index is 12.0. The summed E-state index contributed by atoms with van der Waals surface area (Å²) in [4.78, 5) is 36.2. The van der Waals surface area contributed by atoms with Crippen molar-refractivity contribution in [3.05, 3.63) is 54.1 Å². The first-order chi connectivity index (χ1) is 13.6. The SMILES string of the molecule is COc1ccc(NC(=O)NC(=O)Cn2nnc(-c3ccccc3)n2)c(C=O)c1. The molecule has 0 spiro atoms. The number of carbonyl (C=O) groups is 3. The number of aldehydes is 1. The number of benzene rings is 2. The zero-order valence-electron chi connectivity index (χ0n) is 14.8. The van der Waals surface area contributed by atoms with Gasteiger partial charge >= 0.3 is 6.03 Å². The molecule has 2 aromatic carbocycles. The smallest absolute Gasteiger partial charge is 0.325 e. The summed E-state index contributed by atoms with van der Waals surface area (Å²) in [6.07, 6.45) is 0.574. The summed E-state index contributed by atoms with van der Waals surface area (Å²) in [6, 6.07) is 12.9. The van der Waals surface area contributed by atoms with E-state index in [0.717, 1.165) is 10.4 Å². The number of imide groups is 1. The second-order valence-corrected chi connectivity index (χ2v) is 5.58. The summed E-state index contributed by atoms with van der Waals surface area (Å²) < 4.78 is 5.02. The number of amides is 3. The number of rotatable bonds is 6. The molecule has 10 heteroatoms. The van der Waals surface area contributed by atoms with E-state index in [0.29, 0.717) is 17.9 Å². The number of ether oxygens (including phenoxy) is 1. The molecule has 0 fully saturated rings. The van der Waals surface area contributed by atoms with E-state index in [1.807, 2.05) is 30.3 Å². The Balaban J connectivity index is 1.59. The number of aromatic nitrogens is 4. The topological polar surface area (TPSA) is 128 Å². The van der Waals surface area contributed by atoms with Crippen LogP contribution in [0.25, 0.3) is 11.4 Å². The zero-order valence-corrected chi connectivity index (χ0v) is 14.8. The first-order valence-corrected chi connectivity index (χ1v) is 8.16. The monoisotopic (exact) mass is 380 g/mol. The quantitative estimate of drug-likeness (QED) is 0.620. The Kier molecular flexibility index (Phi) is 5.70. The Bertz CT molecular complexity index is 1000. The van der Waals surface area contributed by atoms with Crippen molar-refractivity contribution in [2.75, 3.05) is 12.4 Å². The third kappa shape index (κ3) is 4.55. The van der Waals surface area contributed by atoms with Crippen LogP contribution in [0, 0.1) is 0 Å². The normalized spacial score (nSPS) is 10.2. The van der Waals surface area contributed by atoms with E-state index in [-0.39, 0.29) is 17.8 Å². The fourth-order valence-corrected chi connectivity index (χ4v) is 2.34. The summed E-state index contributed by atoms with van der Waals surface area (Å²) in [5, 5.41) is 16.3. The number of carbonyl (C=O) groups excluding carboxylic acids is 3. The van der Waals surface area contributed by atoms with Gasteiger partial charge in [-0.3, -0.25) is 14.9 Å². The molecule has 0 radical (unpaired) electrons. The molecule has 0 saturated heterocycles. The highest BCUT2D eigenvalue weighted by Crippen LogP contribution is 2.20. The minimum absolute atomic E-state index is 0.215. The van der Waals surface area contributed by atoms with Crippen LogP contribution in [0.15, 0.2) is 48.5 Å². The van der Waals surface area contributed by atoms with Gasteiger partial charge in [-0.1, -0.05) is 30.3 Å². The van der Waals surface area contributed by atoms with E-state index < -0.39 is 11.9 Å². The van der Waals surface area contributed by atoms with Crippen LogP contribution in [0.4, 0.5) is 10.5 Å². The Labute approximate surface area is 159 Å². The summed E-state index contributed by atoms with van der Waals surface area (Å²) in [5.41, 5.74) is 1.21. The zero-order chi connectivity index (χ0) is 19.9. The van der Waals surface area contributed by atoms with Crippen LogP contribution in [-0.4, -0.2) is 45.5 Å². The second-order valence-electron chi connectivity index (χ2n) is 5.58. The third-order valence-electron chi connectivity index (χ3n) is 3.66. The van der Waals surface area contributed by atoms with Gasteiger partial charge in [0.15, 0.2) is 6.29 Å². The van der Waals surface area contributed by atoms with Gasteiger partial charge in [0.05, 0.1) is 12.8 Å². The first-order valence-electron chi connectivity index (χ1n) is 8.16. The summed E-state index contributed by atoms with van der Waals surface area (Å²) >= 11 is 0. The highest BCUT2D eigenvalue weighted by atomic mass is 16.5. The molecule has 2 N–H and O–H groups in total. The van der Waals surface area contributed by atoms with Crippen molar-refractivity contribution in [2.45, 2.75) is 6.54 Å². The number of hydrogen-bond acceptors (Lipinski definition) is 7. The molecule has 3 aromatic rings. The van der Waals surface area contributed by atoms with Crippen LogP contribution < -0.4 is 15.4 Å². The van der Waals surface area contributed by atoms with E-state index in [2.05, 4.69) is 26.0 Å². The van der Waals surface area contributed by atoms with Gasteiger partial charge in [-0.2, -0.15) is 4.80 Å². The van der Waals surface area contributed by atoms with E-state index in [9.17, 15) is 14.4 Å². The number of hydrogen-bond donors (Lipinski definition) is 2. The van der Waals surface area contributed by atoms with Gasteiger partial charge in [0, 0.05) is 11.1 Å². The minimum atomic E-state index is -0.790. The minimum Gasteiger partial charge on any atom is -0.497 e. The lowest BCUT2D eigenvalue weighted by atomic mass is 10.2. The number of nitrogens with zero attached hydrogens (tertiary/aromatic N) is 4. The third-order valence-corrected chi connectivity index (χ3v) is 3.66. The fourth-order valence-electron chi connectivity index (χ4n) is 2.34. The predicted octanol–water partition coefficient (Wildman–Crippen LogP) is 1.51. The lowest BCUT2D eigenvalue weighted by molar-refractivity contribution is -0.120. The molecular weight excluding hydrogens is 364 g/mol. The molecule has 0 unspecified atom stereocenters. The van der Waals surface area contributed by atoms with Crippen molar-refractivity contribution in [1.82, 2.24) is 25.5 Å². The Morgan fingerprint density at radius 3 is 2.68 bits per heavy atom. The summed E-state index contributed by atoms with van der Waals surface area (Å²) in [7, 11) is 1.46. The van der Waals surface area contributed by atoms with E-state index in [4.69, 9.17) is 4.74 Å². The molecule has 0 bridgehead atoms. The van der Waals surface area contributed by atoms with Crippen molar-refractivity contribution in [1.29, 1.82) is 0 Å². The van der Waals surface area contributed by atoms with Crippen LogP contribution >= 0.6 is 0 Å². The van der Waals surface area contributed by atoms with Crippen LogP contribution in [0.1, 0.15) is 10.4 Å². The number of methoxy groups -OCH3 is 1. The van der Waals surface area contributed by atoms with Crippen LogP contribution in [0.3, 0.4) is 0 Å². The Hall–Kier alpha value is -4.08.